The topological polar surface area (TPSA) is 94.2 Å². The first-order chi connectivity index (χ1) is 14.9. The second-order valence-electron chi connectivity index (χ2n) is 7.00. The number of hydrogen-bond acceptors (Lipinski definition) is 3. The Bertz CT molecular complexity index is 1100. The molecule has 4 rings (SSSR count). The Hall–Kier alpha value is -3.33. The van der Waals surface area contributed by atoms with Crippen molar-refractivity contribution in [2.45, 2.75) is 25.3 Å². The maximum Gasteiger partial charge on any atom is 0.242 e. The van der Waals surface area contributed by atoms with E-state index >= 15 is 0 Å². The highest BCUT2D eigenvalue weighted by molar-refractivity contribution is 5.92. The third-order valence-electron chi connectivity index (χ3n) is 5.05. The summed E-state index contributed by atoms with van der Waals surface area (Å²) >= 11 is 0. The van der Waals surface area contributed by atoms with Crippen LogP contribution in [0.1, 0.15) is 18.4 Å². The molecule has 0 aliphatic carbocycles. The molecule has 1 aliphatic heterocycles. The quantitative estimate of drug-likeness (QED) is 0.499. The number of benzene rings is 2. The van der Waals surface area contributed by atoms with E-state index in [2.05, 4.69) is 15.6 Å². The van der Waals surface area contributed by atoms with Gasteiger partial charge in [0.1, 0.15) is 23.5 Å². The van der Waals surface area contributed by atoms with Gasteiger partial charge in [-0.05, 0) is 54.3 Å². The van der Waals surface area contributed by atoms with Crippen molar-refractivity contribution in [1.29, 1.82) is 0 Å². The second kappa shape index (κ2) is 9.65. The first-order valence-corrected chi connectivity index (χ1v) is 9.69. The van der Waals surface area contributed by atoms with E-state index in [-0.39, 0.29) is 30.2 Å². The summed E-state index contributed by atoms with van der Waals surface area (Å²) in [6, 6.07) is 7.03. The average molecular weight is 433 g/mol. The van der Waals surface area contributed by atoms with E-state index in [0.29, 0.717) is 35.2 Å². The number of halogens is 3. The predicted molar refractivity (Wildman–Crippen MR) is 110 cm³/mol. The molecule has 3 aromatic rings. The fourth-order valence-corrected chi connectivity index (χ4v) is 3.63. The van der Waals surface area contributed by atoms with E-state index < -0.39 is 23.5 Å². The highest BCUT2D eigenvalue weighted by Gasteiger charge is 2.26. The van der Waals surface area contributed by atoms with Crippen LogP contribution in [-0.4, -0.2) is 41.6 Å². The van der Waals surface area contributed by atoms with Crippen molar-refractivity contribution in [2.75, 3.05) is 13.7 Å². The van der Waals surface area contributed by atoms with Gasteiger partial charge in [0.2, 0.25) is 11.8 Å². The number of H-pyrrole nitrogens is 1. The third kappa shape index (κ3) is 4.88. The molecule has 9 heteroatoms. The number of carbonyl (C=O) groups excluding carboxylic acids is 2. The Morgan fingerprint density at radius 2 is 1.84 bits per heavy atom. The van der Waals surface area contributed by atoms with Crippen LogP contribution in [0.2, 0.25) is 0 Å². The lowest BCUT2D eigenvalue weighted by atomic mass is 10.0. The molecule has 1 unspecified atom stereocenters. The number of rotatable bonds is 5. The molecule has 0 spiro atoms. The van der Waals surface area contributed by atoms with Gasteiger partial charge in [0.15, 0.2) is 0 Å². The summed E-state index contributed by atoms with van der Waals surface area (Å²) in [6.45, 7) is 0.513. The molecule has 1 aromatic heterocycles. The first kappa shape index (κ1) is 22.4. The van der Waals surface area contributed by atoms with Crippen LogP contribution in [0.5, 0.6) is 0 Å². The molecule has 0 bridgehead atoms. The number of fused-ring (bicyclic) bond motifs is 1. The van der Waals surface area contributed by atoms with Crippen molar-refractivity contribution in [3.63, 3.8) is 0 Å². The summed E-state index contributed by atoms with van der Waals surface area (Å²) < 4.78 is 41.4. The normalized spacial score (nSPS) is 15.4. The van der Waals surface area contributed by atoms with Crippen molar-refractivity contribution in [3.05, 3.63) is 59.4 Å². The van der Waals surface area contributed by atoms with E-state index in [1.54, 1.807) is 0 Å². The monoisotopic (exact) mass is 433 g/mol. The van der Waals surface area contributed by atoms with Gasteiger partial charge in [-0.2, -0.15) is 0 Å². The van der Waals surface area contributed by atoms with E-state index in [9.17, 15) is 22.8 Å². The molecule has 0 saturated carbocycles. The Balaban J connectivity index is 0.00000132. The minimum atomic E-state index is -0.748. The van der Waals surface area contributed by atoms with Gasteiger partial charge in [0, 0.05) is 37.2 Å². The summed E-state index contributed by atoms with van der Waals surface area (Å²) in [4.78, 5) is 26.9. The molecule has 164 valence electrons. The zero-order valence-corrected chi connectivity index (χ0v) is 16.8. The number of aliphatic hydroxyl groups is 1. The van der Waals surface area contributed by atoms with Crippen molar-refractivity contribution in [2.24, 2.45) is 0 Å². The Morgan fingerprint density at radius 3 is 2.48 bits per heavy atom. The molecule has 1 atom stereocenters. The zero-order valence-electron chi connectivity index (χ0n) is 16.8. The molecule has 2 heterocycles. The highest BCUT2D eigenvalue weighted by Crippen LogP contribution is 2.33. The number of carbonyl (C=O) groups is 2. The van der Waals surface area contributed by atoms with Crippen LogP contribution in [0.15, 0.2) is 36.4 Å². The number of aryl methyl sites for hydroxylation is 1. The maximum absolute atomic E-state index is 14.3. The van der Waals surface area contributed by atoms with Crippen LogP contribution >= 0.6 is 0 Å². The highest BCUT2D eigenvalue weighted by atomic mass is 19.1. The lowest BCUT2D eigenvalue weighted by Gasteiger charge is -2.10. The first-order valence-electron chi connectivity index (χ1n) is 9.69. The Morgan fingerprint density at radius 1 is 1.13 bits per heavy atom. The van der Waals surface area contributed by atoms with Gasteiger partial charge in [-0.1, -0.05) is 0 Å². The number of aliphatic hydroxyl groups excluding tert-OH is 1. The van der Waals surface area contributed by atoms with E-state index in [1.165, 1.54) is 30.3 Å². The maximum atomic E-state index is 14.3. The molecule has 0 radical (unpaired) electrons. The molecule has 1 fully saturated rings. The molecular weight excluding hydrogens is 411 g/mol. The molecular formula is C22H22F3N3O3. The molecule has 31 heavy (non-hydrogen) atoms. The van der Waals surface area contributed by atoms with Gasteiger partial charge in [-0.25, -0.2) is 13.2 Å². The van der Waals surface area contributed by atoms with Crippen LogP contribution in [0.25, 0.3) is 22.2 Å². The molecule has 2 amide bonds. The number of amides is 2. The summed E-state index contributed by atoms with van der Waals surface area (Å²) in [5, 5.41) is 12.6. The van der Waals surface area contributed by atoms with Crippen molar-refractivity contribution >= 4 is 22.7 Å². The van der Waals surface area contributed by atoms with Gasteiger partial charge in [-0.3, -0.25) is 9.59 Å². The lowest BCUT2D eigenvalue weighted by molar-refractivity contribution is -0.127. The Kier molecular flexibility index (Phi) is 6.96. The second-order valence-corrected chi connectivity index (χ2v) is 7.00. The molecule has 6 nitrogen and oxygen atoms in total. The van der Waals surface area contributed by atoms with Gasteiger partial charge in [0.25, 0.3) is 0 Å². The summed E-state index contributed by atoms with van der Waals surface area (Å²) in [6.07, 6.45) is 0.744. The third-order valence-corrected chi connectivity index (χ3v) is 5.05. The van der Waals surface area contributed by atoms with Crippen molar-refractivity contribution in [1.82, 2.24) is 15.6 Å². The molecule has 4 N–H and O–H groups in total. The van der Waals surface area contributed by atoms with Crippen LogP contribution < -0.4 is 10.6 Å². The van der Waals surface area contributed by atoms with Gasteiger partial charge in [-0.15, -0.1) is 0 Å². The number of aromatic amines is 1. The average Bonchev–Trinajstić information content (AvgIpc) is 3.32. The SMILES string of the molecule is CO.O=C(CCc1c(-c2ccc(F)cc2)[nH]c2c(F)cc(F)cc12)NC1CCNC1=O. The van der Waals surface area contributed by atoms with Crippen molar-refractivity contribution < 1.29 is 27.9 Å². The summed E-state index contributed by atoms with van der Waals surface area (Å²) in [5.74, 6) is -2.45. The smallest absolute Gasteiger partial charge is 0.242 e. The van der Waals surface area contributed by atoms with E-state index in [4.69, 9.17) is 5.11 Å². The van der Waals surface area contributed by atoms with Crippen LogP contribution in [-0.2, 0) is 16.0 Å². The molecule has 1 aliphatic rings. The van der Waals surface area contributed by atoms with Gasteiger partial charge in [0.05, 0.1) is 5.52 Å². The van der Waals surface area contributed by atoms with Gasteiger partial charge < -0.3 is 20.7 Å². The van der Waals surface area contributed by atoms with Crippen molar-refractivity contribution in [3.8, 4) is 11.3 Å². The number of nitrogens with one attached hydrogen (secondary N) is 3. The van der Waals surface area contributed by atoms with Crippen LogP contribution in [0, 0.1) is 17.5 Å². The number of hydrogen-bond donors (Lipinski definition) is 4. The largest absolute Gasteiger partial charge is 0.400 e. The predicted octanol–water partition coefficient (Wildman–Crippen LogP) is 2.80. The zero-order chi connectivity index (χ0) is 22.5. The molecule has 2 aromatic carbocycles. The number of aromatic nitrogens is 1. The fraction of sp³-hybridized carbons (Fsp3) is 0.273. The minimum absolute atomic E-state index is 0.0308. The van der Waals surface area contributed by atoms with Crippen LogP contribution in [0.4, 0.5) is 13.2 Å². The lowest BCUT2D eigenvalue weighted by Crippen LogP contribution is -2.40. The minimum Gasteiger partial charge on any atom is -0.400 e. The fourth-order valence-electron chi connectivity index (χ4n) is 3.63. The summed E-state index contributed by atoms with van der Waals surface area (Å²) in [7, 11) is 1.00. The standard InChI is InChI=1S/C21H18F3N3O2.CH4O/c22-12-3-1-11(2-4-12)19-14(15-9-13(23)10-16(24)20(15)27-19)5-6-18(28)26-17-7-8-25-21(17)29;1-2/h1-4,9-10,17,27H,5-8H2,(H,25,29)(H,26,28);2H,1H3. The van der Waals surface area contributed by atoms with Gasteiger partial charge >= 0.3 is 0 Å². The van der Waals surface area contributed by atoms with E-state index in [1.807, 2.05) is 0 Å². The molecule has 1 saturated heterocycles. The van der Waals surface area contributed by atoms with E-state index in [0.717, 1.165) is 13.2 Å². The summed E-state index contributed by atoms with van der Waals surface area (Å²) in [5.41, 5.74) is 1.76. The van der Waals surface area contributed by atoms with Crippen LogP contribution in [0.3, 0.4) is 0 Å². The Labute approximate surface area is 176 Å².